The molecule has 0 saturated heterocycles. The van der Waals surface area contributed by atoms with E-state index in [1.165, 1.54) is 6.07 Å². The number of aryl methyl sites for hydroxylation is 1. The van der Waals surface area contributed by atoms with E-state index in [9.17, 15) is 13.2 Å². The van der Waals surface area contributed by atoms with Crippen molar-refractivity contribution in [3.8, 4) is 5.75 Å². The van der Waals surface area contributed by atoms with Gasteiger partial charge in [-0.05, 0) is 24.6 Å². The fraction of sp³-hybridized carbons (Fsp3) is 0.400. The van der Waals surface area contributed by atoms with Gasteiger partial charge in [0, 0.05) is 0 Å². The van der Waals surface area contributed by atoms with Crippen LogP contribution in [0.5, 0.6) is 5.75 Å². The highest BCUT2D eigenvalue weighted by molar-refractivity contribution is 5.37. The molecular formula is C10H13F3O. The van der Waals surface area contributed by atoms with Crippen molar-refractivity contribution in [3.05, 3.63) is 29.3 Å². The molecule has 1 N–H and O–H groups in total. The molecule has 0 radical (unpaired) electrons. The predicted octanol–water partition coefficient (Wildman–Crippen LogP) is 3.75. The first-order chi connectivity index (χ1) is 6.41. The van der Waals surface area contributed by atoms with Crippen molar-refractivity contribution in [1.29, 1.82) is 0 Å². The summed E-state index contributed by atoms with van der Waals surface area (Å²) in [5.74, 6) is -0.720. The molecule has 0 bridgehead atoms. The van der Waals surface area contributed by atoms with Gasteiger partial charge in [-0.15, -0.1) is 0 Å². The van der Waals surface area contributed by atoms with Crippen LogP contribution in [-0.2, 0) is 6.18 Å². The number of halogens is 3. The van der Waals surface area contributed by atoms with Crippen LogP contribution in [0.25, 0.3) is 0 Å². The third kappa shape index (κ3) is 3.28. The second-order valence-corrected chi connectivity index (χ2v) is 2.52. The number of hydrogen-bond acceptors (Lipinski definition) is 1. The number of benzene rings is 1. The van der Waals surface area contributed by atoms with Crippen LogP contribution in [0.2, 0.25) is 0 Å². The Labute approximate surface area is 81.2 Å². The highest BCUT2D eigenvalue weighted by Crippen LogP contribution is 2.35. The Bertz CT molecular complexity index is 292. The Balaban J connectivity index is 0.000000791. The maximum atomic E-state index is 12.0. The van der Waals surface area contributed by atoms with Crippen LogP contribution in [-0.4, -0.2) is 5.11 Å². The van der Waals surface area contributed by atoms with Gasteiger partial charge in [0.25, 0.3) is 0 Å². The Morgan fingerprint density at radius 1 is 1.14 bits per heavy atom. The lowest BCUT2D eigenvalue weighted by Gasteiger charge is -2.08. The van der Waals surface area contributed by atoms with Gasteiger partial charge in [-0.1, -0.05) is 19.9 Å². The second-order valence-electron chi connectivity index (χ2n) is 2.52. The summed E-state index contributed by atoms with van der Waals surface area (Å²) in [6, 6.07) is 3.26. The molecule has 0 aliphatic heterocycles. The average molecular weight is 206 g/mol. The van der Waals surface area contributed by atoms with Gasteiger partial charge in [-0.25, -0.2) is 0 Å². The number of alkyl halides is 3. The molecule has 80 valence electrons. The number of hydrogen-bond donors (Lipinski definition) is 1. The van der Waals surface area contributed by atoms with Crippen molar-refractivity contribution in [1.82, 2.24) is 0 Å². The minimum absolute atomic E-state index is 0.598. The van der Waals surface area contributed by atoms with Gasteiger partial charge in [0.15, 0.2) is 0 Å². The van der Waals surface area contributed by atoms with Gasteiger partial charge in [-0.3, -0.25) is 0 Å². The van der Waals surface area contributed by atoms with Crippen LogP contribution in [0.15, 0.2) is 18.2 Å². The lowest BCUT2D eigenvalue weighted by Crippen LogP contribution is -2.04. The molecule has 14 heavy (non-hydrogen) atoms. The maximum absolute atomic E-state index is 12.0. The zero-order valence-electron chi connectivity index (χ0n) is 8.31. The summed E-state index contributed by atoms with van der Waals surface area (Å²) in [6.45, 7) is 5.61. The van der Waals surface area contributed by atoms with E-state index in [1.54, 1.807) is 6.92 Å². The van der Waals surface area contributed by atoms with Gasteiger partial charge < -0.3 is 5.11 Å². The second kappa shape index (κ2) is 4.88. The Kier molecular flexibility index (Phi) is 4.47. The van der Waals surface area contributed by atoms with Crippen LogP contribution in [0, 0.1) is 6.92 Å². The molecule has 1 aromatic carbocycles. The van der Waals surface area contributed by atoms with Crippen molar-refractivity contribution in [2.45, 2.75) is 26.9 Å². The molecule has 0 heterocycles. The van der Waals surface area contributed by atoms with E-state index in [4.69, 9.17) is 5.11 Å². The summed E-state index contributed by atoms with van der Waals surface area (Å²) in [7, 11) is 0. The smallest absolute Gasteiger partial charge is 0.419 e. The number of aromatic hydroxyl groups is 1. The summed E-state index contributed by atoms with van der Waals surface area (Å²) >= 11 is 0. The largest absolute Gasteiger partial charge is 0.507 e. The molecule has 0 unspecified atom stereocenters. The minimum Gasteiger partial charge on any atom is -0.507 e. The van der Waals surface area contributed by atoms with E-state index in [0.29, 0.717) is 5.56 Å². The van der Waals surface area contributed by atoms with Gasteiger partial charge in [0.1, 0.15) is 5.75 Å². The monoisotopic (exact) mass is 206 g/mol. The fourth-order valence-corrected chi connectivity index (χ4v) is 0.881. The lowest BCUT2D eigenvalue weighted by atomic mass is 10.1. The minimum atomic E-state index is -4.47. The molecule has 0 atom stereocenters. The summed E-state index contributed by atoms with van der Waals surface area (Å²) < 4.78 is 36.1. The summed E-state index contributed by atoms with van der Waals surface area (Å²) in [6.07, 6.45) is -4.47. The highest BCUT2D eigenvalue weighted by atomic mass is 19.4. The molecule has 1 nitrogen and oxygen atoms in total. The molecule has 0 spiro atoms. The van der Waals surface area contributed by atoms with Gasteiger partial charge >= 0.3 is 6.18 Å². The van der Waals surface area contributed by atoms with Crippen molar-refractivity contribution >= 4 is 0 Å². The molecule has 0 aliphatic rings. The normalized spacial score (nSPS) is 10.4. The zero-order valence-corrected chi connectivity index (χ0v) is 8.31. The maximum Gasteiger partial charge on any atom is 0.419 e. The van der Waals surface area contributed by atoms with Gasteiger partial charge in [0.2, 0.25) is 0 Å². The summed E-state index contributed by atoms with van der Waals surface area (Å²) in [5.41, 5.74) is -0.395. The van der Waals surface area contributed by atoms with Crippen molar-refractivity contribution in [2.75, 3.05) is 0 Å². The van der Waals surface area contributed by atoms with Gasteiger partial charge in [-0.2, -0.15) is 13.2 Å². The van der Waals surface area contributed by atoms with E-state index < -0.39 is 17.5 Å². The van der Waals surface area contributed by atoms with E-state index >= 15 is 0 Å². The van der Waals surface area contributed by atoms with Crippen molar-refractivity contribution in [3.63, 3.8) is 0 Å². The van der Waals surface area contributed by atoms with Crippen LogP contribution in [0.4, 0.5) is 13.2 Å². The third-order valence-corrected chi connectivity index (χ3v) is 1.46. The SMILES string of the molecule is CC.Cc1ccc(C(F)(F)F)c(O)c1. The molecule has 0 fully saturated rings. The summed E-state index contributed by atoms with van der Waals surface area (Å²) in [4.78, 5) is 0. The standard InChI is InChI=1S/C8H7F3O.C2H6/c1-5-2-3-6(7(12)4-5)8(9,10)11;1-2/h2-4,12H,1H3;1-2H3. The fourth-order valence-electron chi connectivity index (χ4n) is 0.881. The molecule has 0 aromatic heterocycles. The van der Waals surface area contributed by atoms with E-state index in [-0.39, 0.29) is 0 Å². The van der Waals surface area contributed by atoms with Crippen LogP contribution in [0.1, 0.15) is 25.0 Å². The van der Waals surface area contributed by atoms with E-state index in [1.807, 2.05) is 13.8 Å². The molecule has 0 amide bonds. The topological polar surface area (TPSA) is 20.2 Å². The number of rotatable bonds is 0. The van der Waals surface area contributed by atoms with Crippen LogP contribution in [0.3, 0.4) is 0 Å². The zero-order chi connectivity index (χ0) is 11.4. The first-order valence-corrected chi connectivity index (χ1v) is 4.28. The Hall–Kier alpha value is -1.19. The van der Waals surface area contributed by atoms with Gasteiger partial charge in [0.05, 0.1) is 5.56 Å². The van der Waals surface area contributed by atoms with E-state index in [0.717, 1.165) is 12.1 Å². The average Bonchev–Trinajstić information content (AvgIpc) is 2.05. The molecule has 4 heteroatoms. The predicted molar refractivity (Wildman–Crippen MR) is 49.2 cm³/mol. The number of phenols is 1. The molecule has 1 rings (SSSR count). The first kappa shape index (κ1) is 12.8. The van der Waals surface area contributed by atoms with Crippen LogP contribution >= 0.6 is 0 Å². The lowest BCUT2D eigenvalue weighted by molar-refractivity contribution is -0.138. The molecule has 0 aliphatic carbocycles. The van der Waals surface area contributed by atoms with Crippen molar-refractivity contribution < 1.29 is 18.3 Å². The first-order valence-electron chi connectivity index (χ1n) is 4.28. The molecular weight excluding hydrogens is 193 g/mol. The van der Waals surface area contributed by atoms with Crippen molar-refractivity contribution in [2.24, 2.45) is 0 Å². The molecule has 0 saturated carbocycles. The van der Waals surface area contributed by atoms with E-state index in [2.05, 4.69) is 0 Å². The van der Waals surface area contributed by atoms with Crippen LogP contribution < -0.4 is 0 Å². The summed E-state index contributed by atoms with van der Waals surface area (Å²) in [5, 5.41) is 8.91. The Morgan fingerprint density at radius 3 is 2.00 bits per heavy atom. The third-order valence-electron chi connectivity index (χ3n) is 1.46. The number of phenolic OH excluding ortho intramolecular Hbond substituents is 1. The Morgan fingerprint density at radius 2 is 1.64 bits per heavy atom. The quantitative estimate of drug-likeness (QED) is 0.685. The highest BCUT2D eigenvalue weighted by Gasteiger charge is 2.33. The molecule has 1 aromatic rings.